The van der Waals surface area contributed by atoms with Crippen molar-refractivity contribution < 1.29 is 14.3 Å². The number of hydrogen-bond acceptors (Lipinski definition) is 7. The highest BCUT2D eigenvalue weighted by Crippen LogP contribution is 2.30. The molecule has 128 valence electrons. The molecule has 2 aromatic heterocycles. The molecule has 2 heterocycles. The molecule has 0 unspecified atom stereocenters. The number of carbonyl (C=O) groups is 1. The number of aromatic nitrogens is 3. The largest absolute Gasteiger partial charge is 0.496 e. The van der Waals surface area contributed by atoms with Crippen molar-refractivity contribution in [3.05, 3.63) is 46.6 Å². The lowest BCUT2D eigenvalue weighted by Gasteiger charge is -2.11. The maximum Gasteiger partial charge on any atom is 0.265 e. The number of amides is 1. The average molecular weight is 421 g/mol. The predicted molar refractivity (Wildman–Crippen MR) is 98.3 cm³/mol. The molecule has 0 radical (unpaired) electrons. The van der Waals surface area contributed by atoms with Crippen LogP contribution < -0.4 is 14.8 Å². The third-order valence-electron chi connectivity index (χ3n) is 3.25. The third kappa shape index (κ3) is 3.77. The smallest absolute Gasteiger partial charge is 0.265 e. The van der Waals surface area contributed by atoms with E-state index in [0.29, 0.717) is 32.9 Å². The summed E-state index contributed by atoms with van der Waals surface area (Å²) in [5.74, 6) is 0.438. The SMILES string of the molecule is COc1cccc(OC)c1C(=O)Nc1nnc(-c2ccc(Br)cn2)s1. The van der Waals surface area contributed by atoms with Crippen LogP contribution in [0, 0.1) is 0 Å². The summed E-state index contributed by atoms with van der Waals surface area (Å²) in [6.45, 7) is 0. The van der Waals surface area contributed by atoms with Crippen LogP contribution in [0.3, 0.4) is 0 Å². The van der Waals surface area contributed by atoms with E-state index in [-0.39, 0.29) is 5.91 Å². The summed E-state index contributed by atoms with van der Waals surface area (Å²) in [4.78, 5) is 16.9. The Balaban J connectivity index is 1.84. The molecule has 0 aliphatic rings. The van der Waals surface area contributed by atoms with Crippen LogP contribution in [0.15, 0.2) is 41.0 Å². The van der Waals surface area contributed by atoms with Gasteiger partial charge in [0.1, 0.15) is 22.8 Å². The molecule has 1 amide bonds. The van der Waals surface area contributed by atoms with Crippen molar-refractivity contribution in [2.24, 2.45) is 0 Å². The standard InChI is InChI=1S/C16H13BrN4O3S/c1-23-11-4-3-5-12(24-2)13(11)14(22)19-16-21-20-15(25-16)10-7-6-9(17)8-18-10/h3-8H,1-2H3,(H,19,21,22). The van der Waals surface area contributed by atoms with Crippen molar-refractivity contribution in [2.45, 2.75) is 0 Å². The van der Waals surface area contributed by atoms with Crippen LogP contribution in [0.4, 0.5) is 5.13 Å². The van der Waals surface area contributed by atoms with Crippen molar-refractivity contribution in [1.29, 1.82) is 0 Å². The lowest BCUT2D eigenvalue weighted by molar-refractivity contribution is 0.102. The van der Waals surface area contributed by atoms with Gasteiger partial charge in [-0.3, -0.25) is 15.1 Å². The van der Waals surface area contributed by atoms with Crippen molar-refractivity contribution in [2.75, 3.05) is 19.5 Å². The lowest BCUT2D eigenvalue weighted by Crippen LogP contribution is -2.14. The number of halogens is 1. The first-order valence-electron chi connectivity index (χ1n) is 7.10. The molecule has 0 aliphatic heterocycles. The van der Waals surface area contributed by atoms with E-state index in [4.69, 9.17) is 9.47 Å². The Bertz CT molecular complexity index is 876. The van der Waals surface area contributed by atoms with Gasteiger partial charge in [-0.05, 0) is 40.2 Å². The highest BCUT2D eigenvalue weighted by molar-refractivity contribution is 9.10. The molecule has 1 N–H and O–H groups in total. The van der Waals surface area contributed by atoms with Crippen molar-refractivity contribution in [3.63, 3.8) is 0 Å². The summed E-state index contributed by atoms with van der Waals surface area (Å²) >= 11 is 4.56. The number of carbonyl (C=O) groups excluding carboxylic acids is 1. The van der Waals surface area contributed by atoms with E-state index in [1.165, 1.54) is 25.6 Å². The molecule has 1 aromatic carbocycles. The van der Waals surface area contributed by atoms with Crippen LogP contribution in [-0.4, -0.2) is 35.3 Å². The number of nitrogens with zero attached hydrogens (tertiary/aromatic N) is 3. The summed E-state index contributed by atoms with van der Waals surface area (Å²) in [7, 11) is 2.99. The molecule has 0 saturated carbocycles. The number of methoxy groups -OCH3 is 2. The van der Waals surface area contributed by atoms with Crippen LogP contribution in [0.25, 0.3) is 10.7 Å². The van der Waals surface area contributed by atoms with Gasteiger partial charge in [-0.2, -0.15) is 0 Å². The third-order valence-corrected chi connectivity index (χ3v) is 4.58. The van der Waals surface area contributed by atoms with Crippen molar-refractivity contribution >= 4 is 38.3 Å². The number of anilines is 1. The van der Waals surface area contributed by atoms with Gasteiger partial charge in [-0.25, -0.2) is 0 Å². The molecule has 3 rings (SSSR count). The lowest BCUT2D eigenvalue weighted by atomic mass is 10.1. The minimum absolute atomic E-state index is 0.297. The van der Waals surface area contributed by atoms with Gasteiger partial charge in [0.2, 0.25) is 5.13 Å². The summed E-state index contributed by atoms with van der Waals surface area (Å²) < 4.78 is 11.4. The number of ether oxygens (including phenoxy) is 2. The minimum atomic E-state index is -0.388. The second kappa shape index (κ2) is 7.58. The number of hydrogen-bond donors (Lipinski definition) is 1. The van der Waals surface area contributed by atoms with Crippen molar-refractivity contribution in [1.82, 2.24) is 15.2 Å². The molecule has 0 atom stereocenters. The molecule has 9 heteroatoms. The van der Waals surface area contributed by atoms with Crippen LogP contribution in [-0.2, 0) is 0 Å². The molecule has 25 heavy (non-hydrogen) atoms. The summed E-state index contributed by atoms with van der Waals surface area (Å²) in [6, 6.07) is 8.81. The molecular weight excluding hydrogens is 408 g/mol. The molecule has 0 fully saturated rings. The van der Waals surface area contributed by atoms with Crippen LogP contribution in [0.2, 0.25) is 0 Å². The van der Waals surface area contributed by atoms with E-state index >= 15 is 0 Å². The summed E-state index contributed by atoms with van der Waals surface area (Å²) in [5, 5.41) is 11.7. The van der Waals surface area contributed by atoms with Gasteiger partial charge in [0.05, 0.1) is 14.2 Å². The van der Waals surface area contributed by atoms with Crippen LogP contribution >= 0.6 is 27.3 Å². The monoisotopic (exact) mass is 420 g/mol. The number of pyridine rings is 1. The summed E-state index contributed by atoms with van der Waals surface area (Å²) in [6.07, 6.45) is 1.68. The fourth-order valence-corrected chi connectivity index (χ4v) is 3.06. The van der Waals surface area contributed by atoms with Crippen LogP contribution in [0.1, 0.15) is 10.4 Å². The van der Waals surface area contributed by atoms with Gasteiger partial charge < -0.3 is 9.47 Å². The Morgan fingerprint density at radius 2 is 1.84 bits per heavy atom. The molecule has 0 spiro atoms. The van der Waals surface area contributed by atoms with E-state index in [1.807, 2.05) is 12.1 Å². The number of benzene rings is 1. The molecule has 3 aromatic rings. The van der Waals surface area contributed by atoms with E-state index in [2.05, 4.69) is 36.4 Å². The Kier molecular flexibility index (Phi) is 5.25. The first-order chi connectivity index (χ1) is 12.1. The zero-order valence-electron chi connectivity index (χ0n) is 13.3. The first kappa shape index (κ1) is 17.3. The normalized spacial score (nSPS) is 10.4. The van der Waals surface area contributed by atoms with Crippen molar-refractivity contribution in [3.8, 4) is 22.2 Å². The summed E-state index contributed by atoms with van der Waals surface area (Å²) in [5.41, 5.74) is 0.974. The van der Waals surface area contributed by atoms with Crippen LogP contribution in [0.5, 0.6) is 11.5 Å². The van der Waals surface area contributed by atoms with Gasteiger partial charge in [-0.15, -0.1) is 10.2 Å². The zero-order valence-corrected chi connectivity index (χ0v) is 15.7. The van der Waals surface area contributed by atoms with Gasteiger partial charge >= 0.3 is 0 Å². The second-order valence-corrected chi connectivity index (χ2v) is 6.66. The number of nitrogens with one attached hydrogen (secondary N) is 1. The number of rotatable bonds is 5. The Morgan fingerprint density at radius 1 is 1.12 bits per heavy atom. The van der Waals surface area contributed by atoms with E-state index < -0.39 is 0 Å². The zero-order chi connectivity index (χ0) is 17.8. The fraction of sp³-hybridized carbons (Fsp3) is 0.125. The molecule has 0 aliphatic carbocycles. The second-order valence-electron chi connectivity index (χ2n) is 4.77. The fourth-order valence-electron chi connectivity index (χ4n) is 2.11. The molecule has 0 bridgehead atoms. The first-order valence-corrected chi connectivity index (χ1v) is 8.71. The van der Waals surface area contributed by atoms with E-state index in [9.17, 15) is 4.79 Å². The van der Waals surface area contributed by atoms with Gasteiger partial charge in [0, 0.05) is 10.7 Å². The highest BCUT2D eigenvalue weighted by Gasteiger charge is 2.20. The average Bonchev–Trinajstić information content (AvgIpc) is 3.09. The van der Waals surface area contributed by atoms with Gasteiger partial charge in [-0.1, -0.05) is 17.4 Å². The molecular formula is C16H13BrN4O3S. The van der Waals surface area contributed by atoms with Gasteiger partial charge in [0.25, 0.3) is 5.91 Å². The Morgan fingerprint density at radius 3 is 2.44 bits per heavy atom. The Hall–Kier alpha value is -2.52. The topological polar surface area (TPSA) is 86.2 Å². The predicted octanol–water partition coefficient (Wildman–Crippen LogP) is 3.63. The maximum atomic E-state index is 12.6. The molecule has 0 saturated heterocycles. The maximum absolute atomic E-state index is 12.6. The quantitative estimate of drug-likeness (QED) is 0.677. The Labute approximate surface area is 156 Å². The van der Waals surface area contributed by atoms with E-state index in [1.54, 1.807) is 24.4 Å². The highest BCUT2D eigenvalue weighted by atomic mass is 79.9. The molecule has 7 nitrogen and oxygen atoms in total. The van der Waals surface area contributed by atoms with Gasteiger partial charge in [0.15, 0.2) is 5.01 Å². The van der Waals surface area contributed by atoms with E-state index in [0.717, 1.165) is 4.47 Å². The minimum Gasteiger partial charge on any atom is -0.496 e.